The van der Waals surface area contributed by atoms with Gasteiger partial charge in [-0.25, -0.2) is 14.6 Å². The highest BCUT2D eigenvalue weighted by Gasteiger charge is 2.21. The van der Waals surface area contributed by atoms with Crippen LogP contribution in [0.3, 0.4) is 0 Å². The number of nitrogens with one attached hydrogen (secondary N) is 1. The Hall–Kier alpha value is -3.42. The van der Waals surface area contributed by atoms with Crippen LogP contribution in [-0.4, -0.2) is 34.4 Å². The van der Waals surface area contributed by atoms with Gasteiger partial charge in [0.05, 0.1) is 6.26 Å². The first-order valence-corrected chi connectivity index (χ1v) is 7.75. The lowest BCUT2D eigenvalue weighted by atomic mass is 10.0. The van der Waals surface area contributed by atoms with Gasteiger partial charge in [-0.15, -0.1) is 0 Å². The Morgan fingerprint density at radius 2 is 1.72 bits per heavy atom. The summed E-state index contributed by atoms with van der Waals surface area (Å²) in [6.07, 6.45) is 1.65. The molecule has 0 saturated heterocycles. The predicted octanol–water partition coefficient (Wildman–Crippen LogP) is 2.87. The molecular weight excluding hydrogens is 320 g/mol. The number of fused-ring (bicyclic) bond motifs is 1. The lowest BCUT2D eigenvalue weighted by Crippen LogP contribution is -2.18. The molecule has 0 unspecified atom stereocenters. The van der Waals surface area contributed by atoms with Gasteiger partial charge in [0.25, 0.3) is 0 Å². The van der Waals surface area contributed by atoms with E-state index in [0.29, 0.717) is 22.9 Å². The highest BCUT2D eigenvalue weighted by Crippen LogP contribution is 2.30. The fourth-order valence-electron chi connectivity index (χ4n) is 2.59. The molecule has 0 aliphatic heterocycles. The monoisotopic (exact) mass is 336 g/mol. The third-order valence-electron chi connectivity index (χ3n) is 3.76. The molecule has 0 fully saturated rings. The molecule has 4 rings (SSSR count). The lowest BCUT2D eigenvalue weighted by Gasteiger charge is -2.21. The van der Waals surface area contributed by atoms with Crippen molar-refractivity contribution in [3.05, 3.63) is 60.1 Å². The first-order chi connectivity index (χ1) is 12.2. The predicted molar refractivity (Wildman–Crippen MR) is 92.3 cm³/mol. The van der Waals surface area contributed by atoms with Crippen LogP contribution in [0.5, 0.6) is 0 Å². The number of benzene rings is 1. The molecule has 0 bridgehead atoms. The number of aromatic nitrogens is 4. The van der Waals surface area contributed by atoms with Crippen molar-refractivity contribution in [2.24, 2.45) is 0 Å². The van der Waals surface area contributed by atoms with E-state index in [2.05, 4.69) is 25.6 Å². The van der Waals surface area contributed by atoms with Crippen LogP contribution in [0.1, 0.15) is 17.4 Å². The number of rotatable bonds is 5. The standard InChI is InChI=1S/C17H16N6O2/c1-23(2)17-16(19-14-15(20-17)22-25-21-14)18-13(12-9-6-10-24-12)11-7-4-3-5-8-11/h3-10,13H,1-2H3,(H,18,19,21)/t13-/m0/s1. The van der Waals surface area contributed by atoms with Crippen molar-refractivity contribution in [1.29, 1.82) is 0 Å². The molecule has 0 aliphatic rings. The summed E-state index contributed by atoms with van der Waals surface area (Å²) in [5.74, 6) is 1.98. The van der Waals surface area contributed by atoms with Gasteiger partial charge in [0.15, 0.2) is 11.6 Å². The first-order valence-electron chi connectivity index (χ1n) is 7.75. The van der Waals surface area contributed by atoms with Crippen molar-refractivity contribution in [3.63, 3.8) is 0 Å². The fourth-order valence-corrected chi connectivity index (χ4v) is 2.59. The second kappa shape index (κ2) is 6.23. The number of nitrogens with zero attached hydrogens (tertiary/aromatic N) is 5. The maximum atomic E-state index is 5.62. The second-order valence-corrected chi connectivity index (χ2v) is 5.71. The maximum absolute atomic E-state index is 5.62. The molecule has 3 aromatic heterocycles. The van der Waals surface area contributed by atoms with Gasteiger partial charge in [-0.1, -0.05) is 30.3 Å². The average molecular weight is 336 g/mol. The van der Waals surface area contributed by atoms with E-state index in [1.807, 2.05) is 61.5 Å². The molecule has 0 spiro atoms. The van der Waals surface area contributed by atoms with Crippen LogP contribution in [0.15, 0.2) is 57.8 Å². The molecular formula is C17H16N6O2. The van der Waals surface area contributed by atoms with Crippen LogP contribution >= 0.6 is 0 Å². The number of furan rings is 1. The Labute approximate surface area is 143 Å². The molecule has 3 heterocycles. The summed E-state index contributed by atoms with van der Waals surface area (Å²) in [5.41, 5.74) is 1.75. The molecule has 0 radical (unpaired) electrons. The van der Waals surface area contributed by atoms with E-state index >= 15 is 0 Å². The molecule has 4 aromatic rings. The quantitative estimate of drug-likeness (QED) is 0.594. The van der Waals surface area contributed by atoms with Crippen molar-refractivity contribution >= 4 is 22.9 Å². The van der Waals surface area contributed by atoms with Gasteiger partial charge in [0.2, 0.25) is 11.3 Å². The summed E-state index contributed by atoms with van der Waals surface area (Å²) in [7, 11) is 3.78. The average Bonchev–Trinajstić information content (AvgIpc) is 3.30. The molecule has 8 nitrogen and oxygen atoms in total. The summed E-state index contributed by atoms with van der Waals surface area (Å²) in [6.45, 7) is 0. The van der Waals surface area contributed by atoms with E-state index in [-0.39, 0.29) is 6.04 Å². The molecule has 126 valence electrons. The minimum Gasteiger partial charge on any atom is -0.467 e. The highest BCUT2D eigenvalue weighted by atomic mass is 16.6. The number of anilines is 2. The summed E-state index contributed by atoms with van der Waals surface area (Å²) in [4.78, 5) is 10.8. The molecule has 25 heavy (non-hydrogen) atoms. The molecule has 0 amide bonds. The van der Waals surface area contributed by atoms with E-state index < -0.39 is 0 Å². The zero-order chi connectivity index (χ0) is 17.2. The van der Waals surface area contributed by atoms with Gasteiger partial charge in [0, 0.05) is 14.1 Å². The molecule has 0 aliphatic carbocycles. The Bertz CT molecular complexity index is 965. The first kappa shape index (κ1) is 15.1. The van der Waals surface area contributed by atoms with Gasteiger partial charge < -0.3 is 14.6 Å². The number of hydrogen-bond donors (Lipinski definition) is 1. The summed E-state index contributed by atoms with van der Waals surface area (Å²) >= 11 is 0. The molecule has 0 saturated carbocycles. The van der Waals surface area contributed by atoms with Crippen LogP contribution in [-0.2, 0) is 0 Å². The zero-order valence-electron chi connectivity index (χ0n) is 13.7. The molecule has 1 N–H and O–H groups in total. The van der Waals surface area contributed by atoms with Crippen molar-refractivity contribution in [2.75, 3.05) is 24.3 Å². The minimum absolute atomic E-state index is 0.221. The van der Waals surface area contributed by atoms with E-state index in [9.17, 15) is 0 Å². The van der Waals surface area contributed by atoms with Crippen molar-refractivity contribution in [3.8, 4) is 0 Å². The van der Waals surface area contributed by atoms with Crippen molar-refractivity contribution in [2.45, 2.75) is 6.04 Å². The Morgan fingerprint density at radius 3 is 2.40 bits per heavy atom. The van der Waals surface area contributed by atoms with E-state index in [4.69, 9.17) is 9.05 Å². The van der Waals surface area contributed by atoms with Crippen molar-refractivity contribution < 1.29 is 9.05 Å². The molecule has 1 aromatic carbocycles. The smallest absolute Gasteiger partial charge is 0.245 e. The molecule has 8 heteroatoms. The lowest BCUT2D eigenvalue weighted by molar-refractivity contribution is 0.314. The van der Waals surface area contributed by atoms with Gasteiger partial charge in [-0.05, 0) is 28.0 Å². The van der Waals surface area contributed by atoms with Crippen LogP contribution in [0, 0.1) is 0 Å². The third kappa shape index (κ3) is 2.89. The van der Waals surface area contributed by atoms with Crippen molar-refractivity contribution in [1.82, 2.24) is 20.3 Å². The number of hydrogen-bond acceptors (Lipinski definition) is 8. The van der Waals surface area contributed by atoms with Crippen LogP contribution in [0.2, 0.25) is 0 Å². The van der Waals surface area contributed by atoms with Gasteiger partial charge >= 0.3 is 0 Å². The van der Waals surface area contributed by atoms with Crippen LogP contribution < -0.4 is 10.2 Å². The topological polar surface area (TPSA) is 93.1 Å². The minimum atomic E-state index is -0.221. The Balaban J connectivity index is 1.80. The van der Waals surface area contributed by atoms with Crippen LogP contribution in [0.25, 0.3) is 11.3 Å². The second-order valence-electron chi connectivity index (χ2n) is 5.71. The SMILES string of the molecule is CN(C)c1nc2nonc2nc1N[C@@H](c1ccccc1)c1ccco1. The Morgan fingerprint density at radius 1 is 0.960 bits per heavy atom. The summed E-state index contributed by atoms with van der Waals surface area (Å²) in [5, 5.41) is 10.9. The van der Waals surface area contributed by atoms with E-state index in [1.165, 1.54) is 0 Å². The van der Waals surface area contributed by atoms with E-state index in [1.54, 1.807) is 6.26 Å². The van der Waals surface area contributed by atoms with Gasteiger partial charge in [-0.2, -0.15) is 0 Å². The van der Waals surface area contributed by atoms with Gasteiger partial charge in [-0.3, -0.25) is 0 Å². The van der Waals surface area contributed by atoms with E-state index in [0.717, 1.165) is 11.3 Å². The normalized spacial score (nSPS) is 12.2. The fraction of sp³-hybridized carbons (Fsp3) is 0.176. The van der Waals surface area contributed by atoms with Crippen LogP contribution in [0.4, 0.5) is 11.6 Å². The Kier molecular flexibility index (Phi) is 3.77. The third-order valence-corrected chi connectivity index (χ3v) is 3.76. The zero-order valence-corrected chi connectivity index (χ0v) is 13.7. The maximum Gasteiger partial charge on any atom is 0.245 e. The summed E-state index contributed by atoms with van der Waals surface area (Å²) in [6, 6.07) is 13.5. The molecule has 1 atom stereocenters. The summed E-state index contributed by atoms with van der Waals surface area (Å²) < 4.78 is 10.4. The highest BCUT2D eigenvalue weighted by molar-refractivity contribution is 5.74. The largest absolute Gasteiger partial charge is 0.467 e. The van der Waals surface area contributed by atoms with Gasteiger partial charge in [0.1, 0.15) is 11.8 Å².